The van der Waals surface area contributed by atoms with Crippen molar-refractivity contribution in [3.63, 3.8) is 0 Å². The van der Waals surface area contributed by atoms with Crippen molar-refractivity contribution in [3.05, 3.63) is 84.4 Å². The maximum absolute atomic E-state index is 12.5. The Morgan fingerprint density at radius 2 is 1.64 bits per heavy atom. The largest absolute Gasteiger partial charge is 0.457 e. The lowest BCUT2D eigenvalue weighted by Crippen LogP contribution is -2.23. The molecule has 3 aromatic rings. The van der Waals surface area contributed by atoms with Gasteiger partial charge < -0.3 is 15.0 Å². The van der Waals surface area contributed by atoms with Gasteiger partial charge in [-0.05, 0) is 61.0 Å². The number of carbonyl (C=O) groups is 2. The van der Waals surface area contributed by atoms with Crippen LogP contribution in [-0.4, -0.2) is 18.4 Å². The van der Waals surface area contributed by atoms with Crippen molar-refractivity contribution < 1.29 is 14.3 Å². The van der Waals surface area contributed by atoms with E-state index in [1.165, 1.54) is 0 Å². The Morgan fingerprint density at radius 1 is 0.893 bits per heavy atom. The van der Waals surface area contributed by atoms with Gasteiger partial charge in [0.15, 0.2) is 0 Å². The maximum atomic E-state index is 12.5. The van der Waals surface area contributed by atoms with Crippen molar-refractivity contribution in [1.29, 1.82) is 0 Å². The lowest BCUT2D eigenvalue weighted by Gasteiger charge is -2.16. The smallest absolute Gasteiger partial charge is 0.255 e. The summed E-state index contributed by atoms with van der Waals surface area (Å²) in [6, 6.07) is 23.8. The molecule has 3 aromatic carbocycles. The van der Waals surface area contributed by atoms with Crippen LogP contribution in [-0.2, 0) is 4.79 Å². The van der Waals surface area contributed by atoms with E-state index < -0.39 is 0 Å². The number of hydrogen-bond donors (Lipinski definition) is 1. The molecular weight excluding hydrogens is 352 g/mol. The van der Waals surface area contributed by atoms with Crippen LogP contribution in [0.3, 0.4) is 0 Å². The minimum Gasteiger partial charge on any atom is -0.457 e. The van der Waals surface area contributed by atoms with Crippen LogP contribution in [0.1, 0.15) is 23.2 Å². The first-order valence-corrected chi connectivity index (χ1v) is 9.24. The third-order valence-electron chi connectivity index (χ3n) is 4.58. The quantitative estimate of drug-likeness (QED) is 0.696. The first-order valence-electron chi connectivity index (χ1n) is 9.24. The summed E-state index contributed by atoms with van der Waals surface area (Å²) in [5.74, 6) is 1.32. The minimum absolute atomic E-state index is 0.123. The lowest BCUT2D eigenvalue weighted by atomic mass is 10.2. The lowest BCUT2D eigenvalue weighted by molar-refractivity contribution is -0.117. The third kappa shape index (κ3) is 4.04. The van der Waals surface area contributed by atoms with Crippen molar-refractivity contribution in [3.8, 4) is 11.5 Å². The van der Waals surface area contributed by atoms with Gasteiger partial charge in [-0.3, -0.25) is 9.59 Å². The molecule has 0 saturated carbocycles. The van der Waals surface area contributed by atoms with Crippen molar-refractivity contribution >= 4 is 23.2 Å². The van der Waals surface area contributed by atoms with Crippen LogP contribution in [0, 0.1) is 0 Å². The van der Waals surface area contributed by atoms with E-state index in [4.69, 9.17) is 4.74 Å². The van der Waals surface area contributed by atoms with Crippen molar-refractivity contribution in [1.82, 2.24) is 0 Å². The first kappa shape index (κ1) is 17.8. The van der Waals surface area contributed by atoms with Crippen molar-refractivity contribution in [2.24, 2.45) is 0 Å². The molecule has 1 aliphatic heterocycles. The molecule has 1 N–H and O–H groups in total. The number of amides is 2. The summed E-state index contributed by atoms with van der Waals surface area (Å²) in [6.45, 7) is 0.721. The molecule has 0 aliphatic carbocycles. The highest BCUT2D eigenvalue weighted by atomic mass is 16.5. The van der Waals surface area contributed by atoms with Crippen LogP contribution in [0.5, 0.6) is 11.5 Å². The monoisotopic (exact) mass is 372 g/mol. The predicted molar refractivity (Wildman–Crippen MR) is 109 cm³/mol. The Morgan fingerprint density at radius 3 is 2.36 bits per heavy atom. The standard InChI is InChI=1S/C23H20N2O3/c26-22-10-5-15-25(22)19-7-4-6-18(16-19)24-23(27)17-11-13-21(14-12-17)28-20-8-2-1-3-9-20/h1-4,6-9,11-14,16H,5,10,15H2,(H,24,27). The van der Waals surface area contributed by atoms with Gasteiger partial charge in [-0.15, -0.1) is 0 Å². The van der Waals surface area contributed by atoms with E-state index in [2.05, 4.69) is 5.32 Å². The zero-order valence-electron chi connectivity index (χ0n) is 15.3. The molecule has 0 bridgehead atoms. The van der Waals surface area contributed by atoms with Gasteiger partial charge in [-0.1, -0.05) is 24.3 Å². The molecule has 1 fully saturated rings. The second-order valence-electron chi connectivity index (χ2n) is 6.59. The second-order valence-corrected chi connectivity index (χ2v) is 6.59. The molecule has 1 saturated heterocycles. The molecule has 140 valence electrons. The topological polar surface area (TPSA) is 58.6 Å². The minimum atomic E-state index is -0.212. The Hall–Kier alpha value is -3.60. The van der Waals surface area contributed by atoms with Gasteiger partial charge in [0.2, 0.25) is 5.91 Å². The fourth-order valence-electron chi connectivity index (χ4n) is 3.17. The fraction of sp³-hybridized carbons (Fsp3) is 0.130. The summed E-state index contributed by atoms with van der Waals surface area (Å²) in [7, 11) is 0. The molecule has 5 heteroatoms. The number of carbonyl (C=O) groups excluding carboxylic acids is 2. The molecule has 1 aliphatic rings. The number of rotatable bonds is 5. The Bertz CT molecular complexity index is 984. The Balaban J connectivity index is 1.43. The van der Waals surface area contributed by atoms with Gasteiger partial charge in [-0.2, -0.15) is 0 Å². The van der Waals surface area contributed by atoms with E-state index in [1.807, 2.05) is 54.6 Å². The molecule has 1 heterocycles. The predicted octanol–water partition coefficient (Wildman–Crippen LogP) is 4.86. The van der Waals surface area contributed by atoms with E-state index in [1.54, 1.807) is 29.2 Å². The Kier molecular flexibility index (Phi) is 5.06. The van der Waals surface area contributed by atoms with Crippen LogP contribution >= 0.6 is 0 Å². The van der Waals surface area contributed by atoms with E-state index in [0.29, 0.717) is 23.4 Å². The fourth-order valence-corrected chi connectivity index (χ4v) is 3.17. The van der Waals surface area contributed by atoms with Crippen LogP contribution in [0.2, 0.25) is 0 Å². The van der Waals surface area contributed by atoms with Gasteiger partial charge in [0.05, 0.1) is 0 Å². The summed E-state index contributed by atoms with van der Waals surface area (Å²) in [5.41, 5.74) is 2.00. The summed E-state index contributed by atoms with van der Waals surface area (Å²) in [4.78, 5) is 26.2. The van der Waals surface area contributed by atoms with Crippen LogP contribution in [0.4, 0.5) is 11.4 Å². The number of hydrogen-bond acceptors (Lipinski definition) is 3. The van der Waals surface area contributed by atoms with Crippen LogP contribution in [0.15, 0.2) is 78.9 Å². The molecule has 0 radical (unpaired) electrons. The molecule has 0 aromatic heterocycles. The van der Waals surface area contributed by atoms with E-state index in [-0.39, 0.29) is 11.8 Å². The van der Waals surface area contributed by atoms with Gasteiger partial charge in [0, 0.05) is 29.9 Å². The molecule has 28 heavy (non-hydrogen) atoms. The highest BCUT2D eigenvalue weighted by molar-refractivity contribution is 6.05. The molecule has 5 nitrogen and oxygen atoms in total. The number of ether oxygens (including phenoxy) is 1. The van der Waals surface area contributed by atoms with Gasteiger partial charge in [0.25, 0.3) is 5.91 Å². The number of benzene rings is 3. The van der Waals surface area contributed by atoms with E-state index >= 15 is 0 Å². The average molecular weight is 372 g/mol. The number of nitrogens with zero attached hydrogens (tertiary/aromatic N) is 1. The summed E-state index contributed by atoms with van der Waals surface area (Å²) in [6.07, 6.45) is 1.45. The molecule has 0 atom stereocenters. The van der Waals surface area contributed by atoms with E-state index in [0.717, 1.165) is 24.4 Å². The molecular formula is C23H20N2O3. The third-order valence-corrected chi connectivity index (χ3v) is 4.58. The average Bonchev–Trinajstić information content (AvgIpc) is 3.15. The molecule has 0 spiro atoms. The molecule has 4 rings (SSSR count). The summed E-state index contributed by atoms with van der Waals surface area (Å²) < 4.78 is 5.74. The number of nitrogens with one attached hydrogen (secondary N) is 1. The second kappa shape index (κ2) is 7.96. The molecule has 0 unspecified atom stereocenters. The number of para-hydroxylation sites is 1. The Labute approximate surface area is 163 Å². The van der Waals surface area contributed by atoms with Crippen LogP contribution in [0.25, 0.3) is 0 Å². The van der Waals surface area contributed by atoms with Crippen molar-refractivity contribution in [2.45, 2.75) is 12.8 Å². The SMILES string of the molecule is O=C(Nc1cccc(N2CCCC2=O)c1)c1ccc(Oc2ccccc2)cc1. The number of anilines is 2. The van der Waals surface area contributed by atoms with Gasteiger partial charge >= 0.3 is 0 Å². The van der Waals surface area contributed by atoms with Gasteiger partial charge in [-0.25, -0.2) is 0 Å². The maximum Gasteiger partial charge on any atom is 0.255 e. The zero-order chi connectivity index (χ0) is 19.3. The highest BCUT2D eigenvalue weighted by Gasteiger charge is 2.21. The zero-order valence-corrected chi connectivity index (χ0v) is 15.3. The highest BCUT2D eigenvalue weighted by Crippen LogP contribution is 2.25. The summed E-state index contributed by atoms with van der Waals surface area (Å²) >= 11 is 0. The van der Waals surface area contributed by atoms with Gasteiger partial charge in [0.1, 0.15) is 11.5 Å². The normalized spacial score (nSPS) is 13.4. The van der Waals surface area contributed by atoms with E-state index in [9.17, 15) is 9.59 Å². The molecule has 2 amide bonds. The first-order chi connectivity index (χ1) is 13.7. The van der Waals surface area contributed by atoms with Crippen LogP contribution < -0.4 is 15.0 Å². The van der Waals surface area contributed by atoms with Crippen molar-refractivity contribution in [2.75, 3.05) is 16.8 Å². The summed E-state index contributed by atoms with van der Waals surface area (Å²) in [5, 5.41) is 2.89.